The second-order valence-electron chi connectivity index (χ2n) is 5.14. The average Bonchev–Trinajstić information content (AvgIpc) is 2.42. The van der Waals surface area contributed by atoms with Crippen LogP contribution in [0.1, 0.15) is 23.2 Å². The maximum Gasteiger partial charge on any atom is 0.176 e. The highest BCUT2D eigenvalue weighted by Crippen LogP contribution is 2.18. The second kappa shape index (κ2) is 6.68. The third kappa shape index (κ3) is 4.04. The molecule has 0 aromatic heterocycles. The quantitative estimate of drug-likeness (QED) is 0.825. The van der Waals surface area contributed by atoms with Crippen LogP contribution in [0.2, 0.25) is 0 Å². The van der Waals surface area contributed by atoms with Crippen LogP contribution < -0.4 is 0 Å². The number of aromatic hydroxyl groups is 1. The molecule has 0 spiro atoms. The van der Waals surface area contributed by atoms with Gasteiger partial charge in [-0.3, -0.25) is 9.69 Å². The van der Waals surface area contributed by atoms with Crippen LogP contribution in [0.3, 0.4) is 0 Å². The molecular formula is C15H21NO3. The van der Waals surface area contributed by atoms with Crippen LogP contribution in [0.5, 0.6) is 5.75 Å². The minimum Gasteiger partial charge on any atom is -0.508 e. The van der Waals surface area contributed by atoms with Crippen molar-refractivity contribution in [3.8, 4) is 5.75 Å². The van der Waals surface area contributed by atoms with Crippen molar-refractivity contribution in [2.24, 2.45) is 5.92 Å². The van der Waals surface area contributed by atoms with E-state index in [1.807, 2.05) is 0 Å². The molecule has 0 radical (unpaired) electrons. The van der Waals surface area contributed by atoms with Crippen LogP contribution in [0, 0.1) is 5.92 Å². The number of ketones is 1. The summed E-state index contributed by atoms with van der Waals surface area (Å²) < 4.78 is 5.17. The molecule has 4 heteroatoms. The zero-order valence-corrected chi connectivity index (χ0v) is 11.3. The maximum absolute atomic E-state index is 12.1. The Bertz CT molecular complexity index is 408. The molecule has 1 aliphatic rings. The number of hydrogen-bond donors (Lipinski definition) is 1. The summed E-state index contributed by atoms with van der Waals surface area (Å²) in [6, 6.07) is 6.46. The standard InChI is InChI=1S/C15H21NO3/c1-19-11-12-6-8-16(9-7-12)10-15(18)13-2-4-14(17)5-3-13/h2-5,12,17H,6-11H2,1H3. The van der Waals surface area contributed by atoms with E-state index in [4.69, 9.17) is 4.74 Å². The van der Waals surface area contributed by atoms with Gasteiger partial charge in [-0.15, -0.1) is 0 Å². The van der Waals surface area contributed by atoms with Gasteiger partial charge >= 0.3 is 0 Å². The zero-order valence-electron chi connectivity index (χ0n) is 11.3. The molecule has 1 fully saturated rings. The largest absolute Gasteiger partial charge is 0.508 e. The molecule has 0 unspecified atom stereocenters. The Hall–Kier alpha value is -1.39. The molecule has 0 saturated carbocycles. The lowest BCUT2D eigenvalue weighted by molar-refractivity contribution is 0.0810. The predicted molar refractivity (Wildman–Crippen MR) is 73.5 cm³/mol. The van der Waals surface area contributed by atoms with Crippen LogP contribution in [0.25, 0.3) is 0 Å². The fourth-order valence-corrected chi connectivity index (χ4v) is 2.49. The molecule has 19 heavy (non-hydrogen) atoms. The molecule has 1 aliphatic heterocycles. The third-order valence-electron chi connectivity index (χ3n) is 3.67. The van der Waals surface area contributed by atoms with Crippen molar-refractivity contribution in [3.63, 3.8) is 0 Å². The molecule has 1 saturated heterocycles. The number of likely N-dealkylation sites (tertiary alicyclic amines) is 1. The molecule has 0 aliphatic carbocycles. The lowest BCUT2D eigenvalue weighted by atomic mass is 9.97. The minimum absolute atomic E-state index is 0.116. The van der Waals surface area contributed by atoms with Gasteiger partial charge in [0, 0.05) is 19.3 Å². The Labute approximate surface area is 114 Å². The number of Topliss-reactive ketones (excluding diaryl/α,β-unsaturated/α-hetero) is 1. The monoisotopic (exact) mass is 263 g/mol. The predicted octanol–water partition coefficient (Wildman–Crippen LogP) is 1.93. The van der Waals surface area contributed by atoms with Crippen molar-refractivity contribution in [1.82, 2.24) is 4.90 Å². The number of ether oxygens (including phenoxy) is 1. The lowest BCUT2D eigenvalue weighted by Crippen LogP contribution is -2.38. The smallest absolute Gasteiger partial charge is 0.176 e. The highest BCUT2D eigenvalue weighted by atomic mass is 16.5. The molecule has 104 valence electrons. The van der Waals surface area contributed by atoms with Gasteiger partial charge in [-0.25, -0.2) is 0 Å². The van der Waals surface area contributed by atoms with Crippen LogP contribution in [0.15, 0.2) is 24.3 Å². The molecule has 1 aromatic carbocycles. The average molecular weight is 263 g/mol. The topological polar surface area (TPSA) is 49.8 Å². The van der Waals surface area contributed by atoms with Gasteiger partial charge in [0.1, 0.15) is 5.75 Å². The Morgan fingerprint density at radius 3 is 2.53 bits per heavy atom. The van der Waals surface area contributed by atoms with E-state index in [2.05, 4.69) is 4.90 Å². The lowest BCUT2D eigenvalue weighted by Gasteiger charge is -2.31. The van der Waals surface area contributed by atoms with Gasteiger partial charge in [0.15, 0.2) is 5.78 Å². The van der Waals surface area contributed by atoms with E-state index in [1.165, 1.54) is 0 Å². The first-order valence-electron chi connectivity index (χ1n) is 6.72. The van der Waals surface area contributed by atoms with E-state index in [-0.39, 0.29) is 11.5 Å². The van der Waals surface area contributed by atoms with Gasteiger partial charge in [0.25, 0.3) is 0 Å². The van der Waals surface area contributed by atoms with Crippen LogP contribution in [-0.2, 0) is 4.74 Å². The normalized spacial score (nSPS) is 17.5. The van der Waals surface area contributed by atoms with Crippen LogP contribution >= 0.6 is 0 Å². The Morgan fingerprint density at radius 1 is 1.32 bits per heavy atom. The molecule has 2 rings (SSSR count). The number of hydrogen-bond acceptors (Lipinski definition) is 4. The van der Waals surface area contributed by atoms with Crippen molar-refractivity contribution in [1.29, 1.82) is 0 Å². The van der Waals surface area contributed by atoms with Crippen molar-refractivity contribution >= 4 is 5.78 Å². The summed E-state index contributed by atoms with van der Waals surface area (Å²) in [6.07, 6.45) is 2.19. The van der Waals surface area contributed by atoms with Gasteiger partial charge in [-0.2, -0.15) is 0 Å². The summed E-state index contributed by atoms with van der Waals surface area (Å²) in [4.78, 5) is 14.3. The van der Waals surface area contributed by atoms with E-state index in [0.29, 0.717) is 18.0 Å². The molecular weight excluding hydrogens is 242 g/mol. The van der Waals surface area contributed by atoms with Crippen molar-refractivity contribution in [2.75, 3.05) is 33.4 Å². The van der Waals surface area contributed by atoms with E-state index >= 15 is 0 Å². The molecule has 0 bridgehead atoms. The number of nitrogens with zero attached hydrogens (tertiary/aromatic N) is 1. The minimum atomic E-state index is 0.116. The number of methoxy groups -OCH3 is 1. The second-order valence-corrected chi connectivity index (χ2v) is 5.14. The highest BCUT2D eigenvalue weighted by molar-refractivity contribution is 5.97. The van der Waals surface area contributed by atoms with Gasteiger partial charge in [-0.05, 0) is 56.1 Å². The molecule has 4 nitrogen and oxygen atoms in total. The molecule has 0 atom stereocenters. The summed E-state index contributed by atoms with van der Waals surface area (Å²) in [6.45, 7) is 3.19. The summed E-state index contributed by atoms with van der Waals surface area (Å²) in [5.74, 6) is 0.937. The van der Waals surface area contributed by atoms with E-state index in [1.54, 1.807) is 31.4 Å². The fraction of sp³-hybridized carbons (Fsp3) is 0.533. The van der Waals surface area contributed by atoms with Gasteiger partial charge in [-0.1, -0.05) is 0 Å². The molecule has 1 heterocycles. The van der Waals surface area contributed by atoms with E-state index in [9.17, 15) is 9.90 Å². The van der Waals surface area contributed by atoms with Gasteiger partial charge < -0.3 is 9.84 Å². The van der Waals surface area contributed by atoms with E-state index < -0.39 is 0 Å². The van der Waals surface area contributed by atoms with Crippen molar-refractivity contribution < 1.29 is 14.6 Å². The number of carbonyl (C=O) groups is 1. The molecule has 1 aromatic rings. The molecule has 0 amide bonds. The summed E-state index contributed by atoms with van der Waals surface area (Å²) in [7, 11) is 1.74. The number of phenols is 1. The maximum atomic E-state index is 12.1. The van der Waals surface area contributed by atoms with Crippen LogP contribution in [-0.4, -0.2) is 49.1 Å². The summed E-state index contributed by atoms with van der Waals surface area (Å²) in [5.41, 5.74) is 0.664. The van der Waals surface area contributed by atoms with Gasteiger partial charge in [0.2, 0.25) is 0 Å². The van der Waals surface area contributed by atoms with E-state index in [0.717, 1.165) is 32.5 Å². The fourth-order valence-electron chi connectivity index (χ4n) is 2.49. The van der Waals surface area contributed by atoms with Crippen molar-refractivity contribution in [3.05, 3.63) is 29.8 Å². The number of phenolic OH excluding ortho intramolecular Hbond substituents is 1. The van der Waals surface area contributed by atoms with Crippen molar-refractivity contribution in [2.45, 2.75) is 12.8 Å². The highest BCUT2D eigenvalue weighted by Gasteiger charge is 2.21. The van der Waals surface area contributed by atoms with Crippen LogP contribution in [0.4, 0.5) is 0 Å². The third-order valence-corrected chi connectivity index (χ3v) is 3.67. The Kier molecular flexibility index (Phi) is 4.93. The summed E-state index contributed by atoms with van der Waals surface area (Å²) in [5, 5.41) is 9.21. The first-order chi connectivity index (χ1) is 9.19. The first kappa shape index (κ1) is 14.0. The number of piperidine rings is 1. The zero-order chi connectivity index (χ0) is 13.7. The SMILES string of the molecule is COCC1CCN(CC(=O)c2ccc(O)cc2)CC1. The number of benzene rings is 1. The Balaban J connectivity index is 1.82. The number of carbonyl (C=O) groups excluding carboxylic acids is 1. The summed E-state index contributed by atoms with van der Waals surface area (Å²) >= 11 is 0. The van der Waals surface area contributed by atoms with Gasteiger partial charge in [0.05, 0.1) is 6.54 Å². The molecule has 1 N–H and O–H groups in total. The first-order valence-corrected chi connectivity index (χ1v) is 6.72. The Morgan fingerprint density at radius 2 is 1.95 bits per heavy atom. The number of rotatable bonds is 5.